The number of carbonyl (C=O) groups is 2. The molecule has 3 amide bonds. The summed E-state index contributed by atoms with van der Waals surface area (Å²) in [7, 11) is 0. The molecule has 0 spiro atoms. The minimum absolute atomic E-state index is 0.0522. The predicted molar refractivity (Wildman–Crippen MR) is 81.9 cm³/mol. The number of carbonyl (C=O) groups excluding carboxylic acids is 2. The summed E-state index contributed by atoms with van der Waals surface area (Å²) in [5, 5.41) is 8.43. The quantitative estimate of drug-likeness (QED) is 0.746. The number of amides is 3. The number of hydrogen-bond acceptors (Lipinski definition) is 2. The summed E-state index contributed by atoms with van der Waals surface area (Å²) in [5.74, 6) is -0.0522. The van der Waals surface area contributed by atoms with Crippen molar-refractivity contribution >= 4 is 23.3 Å². The molecule has 1 aromatic rings. The van der Waals surface area contributed by atoms with Crippen LogP contribution in [-0.2, 0) is 4.79 Å². The fraction of sp³-hybridized carbons (Fsp3) is 0.467. The summed E-state index contributed by atoms with van der Waals surface area (Å²) in [6, 6.07) is 7.06. The van der Waals surface area contributed by atoms with Crippen molar-refractivity contribution in [3.8, 4) is 0 Å². The maximum Gasteiger partial charge on any atom is 0.319 e. The van der Waals surface area contributed by atoms with Gasteiger partial charge in [-0.2, -0.15) is 0 Å². The Bertz CT molecular complexity index is 456. The third-order valence-corrected chi connectivity index (χ3v) is 3.05. The molecule has 0 atom stereocenters. The molecular formula is C15H23N3O2. The number of hydrogen-bond donors (Lipinski definition) is 3. The lowest BCUT2D eigenvalue weighted by Gasteiger charge is -2.15. The average Bonchev–Trinajstić information content (AvgIpc) is 2.44. The van der Waals surface area contributed by atoms with Crippen LogP contribution < -0.4 is 16.0 Å². The summed E-state index contributed by atoms with van der Waals surface area (Å²) in [4.78, 5) is 23.1. The molecule has 0 aliphatic heterocycles. The highest BCUT2D eigenvalue weighted by Gasteiger charge is 2.08. The van der Waals surface area contributed by atoms with Crippen molar-refractivity contribution in [1.82, 2.24) is 5.32 Å². The molecule has 1 rings (SSSR count). The molecule has 3 N–H and O–H groups in total. The minimum Gasteiger partial charge on any atom is -0.335 e. The molecule has 0 saturated carbocycles. The third-order valence-electron chi connectivity index (χ3n) is 3.05. The third kappa shape index (κ3) is 5.30. The first-order chi connectivity index (χ1) is 9.58. The van der Waals surface area contributed by atoms with E-state index in [1.54, 1.807) is 31.2 Å². The Morgan fingerprint density at radius 2 is 1.65 bits per heavy atom. The van der Waals surface area contributed by atoms with Crippen molar-refractivity contribution in [3.63, 3.8) is 0 Å². The zero-order valence-corrected chi connectivity index (χ0v) is 12.3. The van der Waals surface area contributed by atoms with Gasteiger partial charge >= 0.3 is 6.03 Å². The van der Waals surface area contributed by atoms with Gasteiger partial charge in [0.15, 0.2) is 0 Å². The number of benzene rings is 1. The summed E-state index contributed by atoms with van der Waals surface area (Å²) in [6.07, 6.45) is 2.22. The lowest BCUT2D eigenvalue weighted by atomic mass is 10.2. The molecule has 0 radical (unpaired) electrons. The van der Waals surface area contributed by atoms with Crippen LogP contribution in [0.5, 0.6) is 0 Å². The Kier molecular flexibility index (Phi) is 6.56. The van der Waals surface area contributed by atoms with Gasteiger partial charge in [0.1, 0.15) is 0 Å². The van der Waals surface area contributed by atoms with Crippen molar-refractivity contribution in [2.24, 2.45) is 0 Å². The molecule has 0 heterocycles. The SMILES string of the molecule is CCC(=O)Nc1cccc(NC(=O)NC(CC)CC)c1. The normalized spacial score (nSPS) is 10.2. The first-order valence-electron chi connectivity index (χ1n) is 7.06. The van der Waals surface area contributed by atoms with Crippen molar-refractivity contribution in [2.75, 3.05) is 10.6 Å². The van der Waals surface area contributed by atoms with E-state index in [9.17, 15) is 9.59 Å². The lowest BCUT2D eigenvalue weighted by Crippen LogP contribution is -2.37. The van der Waals surface area contributed by atoms with Gasteiger partial charge in [0.25, 0.3) is 0 Å². The zero-order valence-electron chi connectivity index (χ0n) is 12.3. The van der Waals surface area contributed by atoms with Gasteiger partial charge in [0, 0.05) is 23.8 Å². The smallest absolute Gasteiger partial charge is 0.319 e. The van der Waals surface area contributed by atoms with Crippen molar-refractivity contribution in [1.29, 1.82) is 0 Å². The number of urea groups is 1. The van der Waals surface area contributed by atoms with Gasteiger partial charge in [0.2, 0.25) is 5.91 Å². The van der Waals surface area contributed by atoms with Gasteiger partial charge in [-0.05, 0) is 31.0 Å². The molecule has 0 unspecified atom stereocenters. The maximum absolute atomic E-state index is 11.8. The predicted octanol–water partition coefficient (Wildman–Crippen LogP) is 3.35. The van der Waals surface area contributed by atoms with E-state index < -0.39 is 0 Å². The molecule has 0 aliphatic carbocycles. The Labute approximate surface area is 120 Å². The van der Waals surface area contributed by atoms with Crippen LogP contribution in [0.25, 0.3) is 0 Å². The summed E-state index contributed by atoms with van der Waals surface area (Å²) >= 11 is 0. The van der Waals surface area contributed by atoms with Crippen LogP contribution in [0.1, 0.15) is 40.0 Å². The summed E-state index contributed by atoms with van der Waals surface area (Å²) in [5.41, 5.74) is 1.33. The standard InChI is InChI=1S/C15H23N3O2/c1-4-11(5-2)17-15(20)18-13-9-7-8-12(10-13)16-14(19)6-3/h7-11H,4-6H2,1-3H3,(H,16,19)(H2,17,18,20). The summed E-state index contributed by atoms with van der Waals surface area (Å²) < 4.78 is 0. The van der Waals surface area contributed by atoms with E-state index in [4.69, 9.17) is 0 Å². The van der Waals surface area contributed by atoms with Gasteiger partial charge in [0.05, 0.1) is 0 Å². The molecule has 20 heavy (non-hydrogen) atoms. The molecule has 0 aromatic heterocycles. The lowest BCUT2D eigenvalue weighted by molar-refractivity contribution is -0.115. The molecule has 1 aromatic carbocycles. The van der Waals surface area contributed by atoms with Crippen molar-refractivity contribution in [3.05, 3.63) is 24.3 Å². The van der Waals surface area contributed by atoms with Crippen LogP contribution in [0, 0.1) is 0 Å². The largest absolute Gasteiger partial charge is 0.335 e. The van der Waals surface area contributed by atoms with Crippen LogP contribution in [0.15, 0.2) is 24.3 Å². The first kappa shape index (κ1) is 16.0. The second-order valence-corrected chi connectivity index (χ2v) is 4.59. The van der Waals surface area contributed by atoms with Crippen molar-refractivity contribution < 1.29 is 9.59 Å². The molecule has 0 bridgehead atoms. The highest BCUT2D eigenvalue weighted by atomic mass is 16.2. The van der Waals surface area contributed by atoms with E-state index in [0.29, 0.717) is 17.8 Å². The highest BCUT2D eigenvalue weighted by molar-refractivity contribution is 5.93. The fourth-order valence-electron chi connectivity index (χ4n) is 1.77. The molecule has 0 saturated heterocycles. The van der Waals surface area contributed by atoms with E-state index in [1.807, 2.05) is 13.8 Å². The van der Waals surface area contributed by atoms with Crippen LogP contribution in [0.3, 0.4) is 0 Å². The van der Waals surface area contributed by atoms with E-state index in [2.05, 4.69) is 16.0 Å². The summed E-state index contributed by atoms with van der Waals surface area (Å²) in [6.45, 7) is 5.87. The Hall–Kier alpha value is -2.04. The second kappa shape index (κ2) is 8.19. The first-order valence-corrected chi connectivity index (χ1v) is 7.06. The second-order valence-electron chi connectivity index (χ2n) is 4.59. The molecule has 5 nitrogen and oxygen atoms in total. The number of nitrogens with one attached hydrogen (secondary N) is 3. The van der Waals surface area contributed by atoms with Gasteiger partial charge in [-0.15, -0.1) is 0 Å². The average molecular weight is 277 g/mol. The van der Waals surface area contributed by atoms with E-state index in [-0.39, 0.29) is 18.0 Å². The Morgan fingerprint density at radius 1 is 1.05 bits per heavy atom. The zero-order chi connectivity index (χ0) is 15.0. The van der Waals surface area contributed by atoms with Gasteiger partial charge < -0.3 is 16.0 Å². The van der Waals surface area contributed by atoms with Gasteiger partial charge in [-0.3, -0.25) is 4.79 Å². The van der Waals surface area contributed by atoms with Gasteiger partial charge in [-0.1, -0.05) is 26.8 Å². The molecule has 110 valence electrons. The van der Waals surface area contributed by atoms with Crippen LogP contribution in [0.4, 0.5) is 16.2 Å². The van der Waals surface area contributed by atoms with Crippen LogP contribution in [0.2, 0.25) is 0 Å². The van der Waals surface area contributed by atoms with Crippen LogP contribution >= 0.6 is 0 Å². The number of rotatable bonds is 6. The maximum atomic E-state index is 11.8. The minimum atomic E-state index is -0.224. The van der Waals surface area contributed by atoms with Crippen LogP contribution in [-0.4, -0.2) is 18.0 Å². The molecule has 0 fully saturated rings. The molecule has 5 heteroatoms. The molecular weight excluding hydrogens is 254 g/mol. The van der Waals surface area contributed by atoms with Gasteiger partial charge in [-0.25, -0.2) is 4.79 Å². The molecule has 0 aliphatic rings. The monoisotopic (exact) mass is 277 g/mol. The van der Waals surface area contributed by atoms with E-state index in [1.165, 1.54) is 0 Å². The Balaban J connectivity index is 2.61. The van der Waals surface area contributed by atoms with E-state index in [0.717, 1.165) is 12.8 Å². The Morgan fingerprint density at radius 3 is 2.20 bits per heavy atom. The topological polar surface area (TPSA) is 70.2 Å². The highest BCUT2D eigenvalue weighted by Crippen LogP contribution is 2.15. The van der Waals surface area contributed by atoms with E-state index >= 15 is 0 Å². The number of anilines is 2. The van der Waals surface area contributed by atoms with Crippen molar-refractivity contribution in [2.45, 2.75) is 46.1 Å². The fourth-order valence-corrected chi connectivity index (χ4v) is 1.77.